The van der Waals surface area contributed by atoms with Gasteiger partial charge in [-0.2, -0.15) is 0 Å². The van der Waals surface area contributed by atoms with Crippen LogP contribution in [0.5, 0.6) is 0 Å². The van der Waals surface area contributed by atoms with Crippen LogP contribution in [0.25, 0.3) is 0 Å². The number of benzene rings is 1. The zero-order valence-corrected chi connectivity index (χ0v) is 13.7. The molecule has 0 saturated heterocycles. The first-order chi connectivity index (χ1) is 8.19. The average Bonchev–Trinajstić information content (AvgIpc) is 2.35. The van der Waals surface area contributed by atoms with Gasteiger partial charge in [-0.25, -0.2) is 4.79 Å². The van der Waals surface area contributed by atoms with Crippen LogP contribution in [0.4, 0.5) is 0 Å². The second kappa shape index (κ2) is 9.58. The third-order valence-corrected chi connectivity index (χ3v) is 3.57. The Labute approximate surface area is 128 Å². The molecular formula is C13H19ClINO2. The molecule has 0 bridgehead atoms. The second-order valence-corrected chi connectivity index (χ2v) is 4.80. The molecule has 0 aliphatic rings. The van der Waals surface area contributed by atoms with Gasteiger partial charge in [0.25, 0.3) is 0 Å². The molecule has 0 amide bonds. The van der Waals surface area contributed by atoms with Gasteiger partial charge in [0.15, 0.2) is 0 Å². The minimum Gasteiger partial charge on any atom is -0.461 e. The first kappa shape index (κ1) is 17.7. The first-order valence-electron chi connectivity index (χ1n) is 5.83. The van der Waals surface area contributed by atoms with Crippen molar-refractivity contribution in [2.24, 2.45) is 0 Å². The van der Waals surface area contributed by atoms with E-state index in [4.69, 9.17) is 4.74 Å². The van der Waals surface area contributed by atoms with Crippen LogP contribution < -0.4 is 0 Å². The van der Waals surface area contributed by atoms with Gasteiger partial charge in [-0.3, -0.25) is 0 Å². The van der Waals surface area contributed by atoms with E-state index in [-0.39, 0.29) is 18.4 Å². The highest BCUT2D eigenvalue weighted by Crippen LogP contribution is 2.12. The number of carbonyl (C=O) groups is 1. The number of esters is 1. The predicted molar refractivity (Wildman–Crippen MR) is 84.5 cm³/mol. The molecule has 0 aromatic heterocycles. The molecule has 0 N–H and O–H groups in total. The van der Waals surface area contributed by atoms with Gasteiger partial charge in [-0.05, 0) is 47.8 Å². The highest BCUT2D eigenvalue weighted by Gasteiger charge is 2.10. The molecule has 18 heavy (non-hydrogen) atoms. The molecule has 5 heteroatoms. The Morgan fingerprint density at radius 1 is 1.28 bits per heavy atom. The van der Waals surface area contributed by atoms with Crippen molar-refractivity contribution in [2.75, 3.05) is 26.2 Å². The summed E-state index contributed by atoms with van der Waals surface area (Å²) in [5.41, 5.74) is 0.646. The number of rotatable bonds is 6. The molecule has 0 atom stereocenters. The van der Waals surface area contributed by atoms with E-state index in [0.717, 1.165) is 23.2 Å². The van der Waals surface area contributed by atoms with E-state index in [1.807, 2.05) is 18.2 Å². The van der Waals surface area contributed by atoms with Crippen molar-refractivity contribution in [3.8, 4) is 0 Å². The highest BCUT2D eigenvalue weighted by atomic mass is 127. The highest BCUT2D eigenvalue weighted by molar-refractivity contribution is 14.1. The minimum absolute atomic E-state index is 0. The molecule has 3 nitrogen and oxygen atoms in total. The van der Waals surface area contributed by atoms with Crippen LogP contribution in [-0.2, 0) is 4.74 Å². The van der Waals surface area contributed by atoms with E-state index in [1.54, 1.807) is 6.07 Å². The van der Waals surface area contributed by atoms with E-state index < -0.39 is 0 Å². The van der Waals surface area contributed by atoms with Crippen molar-refractivity contribution in [3.05, 3.63) is 33.4 Å². The Kier molecular flexibility index (Phi) is 9.40. The summed E-state index contributed by atoms with van der Waals surface area (Å²) in [6.07, 6.45) is 0. The van der Waals surface area contributed by atoms with Gasteiger partial charge in [0, 0.05) is 10.1 Å². The van der Waals surface area contributed by atoms with Gasteiger partial charge in [0.1, 0.15) is 6.61 Å². The molecule has 0 aliphatic carbocycles. The molecule has 1 aromatic carbocycles. The SMILES string of the molecule is CCN(CC)CCOC(=O)c1ccccc1I.Cl. The summed E-state index contributed by atoms with van der Waals surface area (Å²) in [7, 11) is 0. The molecule has 0 spiro atoms. The Balaban J connectivity index is 0.00000289. The number of nitrogens with zero attached hydrogens (tertiary/aromatic N) is 1. The lowest BCUT2D eigenvalue weighted by Gasteiger charge is -2.17. The van der Waals surface area contributed by atoms with Crippen molar-refractivity contribution in [3.63, 3.8) is 0 Å². The average molecular weight is 384 g/mol. The summed E-state index contributed by atoms with van der Waals surface area (Å²) in [4.78, 5) is 14.0. The molecule has 0 heterocycles. The van der Waals surface area contributed by atoms with Crippen LogP contribution in [0.2, 0.25) is 0 Å². The van der Waals surface area contributed by atoms with Crippen LogP contribution >= 0.6 is 35.0 Å². The van der Waals surface area contributed by atoms with Crippen LogP contribution in [0.15, 0.2) is 24.3 Å². The quantitative estimate of drug-likeness (QED) is 0.558. The van der Waals surface area contributed by atoms with Crippen molar-refractivity contribution in [1.82, 2.24) is 4.90 Å². The summed E-state index contributed by atoms with van der Waals surface area (Å²) >= 11 is 2.14. The minimum atomic E-state index is -0.234. The molecule has 0 saturated carbocycles. The topological polar surface area (TPSA) is 29.5 Å². The fourth-order valence-electron chi connectivity index (χ4n) is 1.51. The number of likely N-dealkylation sites (N-methyl/N-ethyl adjacent to an activating group) is 1. The summed E-state index contributed by atoms with van der Waals surface area (Å²) < 4.78 is 6.19. The van der Waals surface area contributed by atoms with Crippen molar-refractivity contribution in [1.29, 1.82) is 0 Å². The number of hydrogen-bond donors (Lipinski definition) is 0. The van der Waals surface area contributed by atoms with Crippen molar-refractivity contribution < 1.29 is 9.53 Å². The van der Waals surface area contributed by atoms with Crippen LogP contribution in [0.1, 0.15) is 24.2 Å². The summed E-state index contributed by atoms with van der Waals surface area (Å²) in [6.45, 7) is 7.42. The lowest BCUT2D eigenvalue weighted by molar-refractivity contribution is 0.0465. The number of ether oxygens (including phenoxy) is 1. The molecule has 0 radical (unpaired) electrons. The fraction of sp³-hybridized carbons (Fsp3) is 0.462. The van der Waals surface area contributed by atoms with Gasteiger partial charge in [0.2, 0.25) is 0 Å². The smallest absolute Gasteiger partial charge is 0.339 e. The standard InChI is InChI=1S/C13H18INO2.ClH/c1-3-15(4-2)9-10-17-13(16)11-7-5-6-8-12(11)14;/h5-8H,3-4,9-10H2,1-2H3;1H. The van der Waals surface area contributed by atoms with Gasteiger partial charge in [-0.15, -0.1) is 12.4 Å². The van der Waals surface area contributed by atoms with Gasteiger partial charge in [0.05, 0.1) is 5.56 Å². The van der Waals surface area contributed by atoms with Crippen LogP contribution in [-0.4, -0.2) is 37.1 Å². The number of hydrogen-bond acceptors (Lipinski definition) is 3. The van der Waals surface area contributed by atoms with E-state index in [2.05, 4.69) is 41.3 Å². The maximum absolute atomic E-state index is 11.8. The molecule has 0 aliphatic heterocycles. The Morgan fingerprint density at radius 2 is 1.89 bits per heavy atom. The largest absolute Gasteiger partial charge is 0.461 e. The summed E-state index contributed by atoms with van der Waals surface area (Å²) in [6, 6.07) is 7.46. The Bertz CT molecular complexity index is 370. The maximum Gasteiger partial charge on any atom is 0.339 e. The van der Waals surface area contributed by atoms with E-state index in [9.17, 15) is 4.79 Å². The predicted octanol–water partition coefficient (Wildman–Crippen LogP) is 3.21. The molecule has 1 aromatic rings. The molecular weight excluding hydrogens is 365 g/mol. The Hall–Kier alpha value is -0.330. The lowest BCUT2D eigenvalue weighted by atomic mass is 10.2. The first-order valence-corrected chi connectivity index (χ1v) is 6.90. The normalized spacial score (nSPS) is 10.0. The van der Waals surface area contributed by atoms with E-state index >= 15 is 0 Å². The van der Waals surface area contributed by atoms with Crippen LogP contribution in [0.3, 0.4) is 0 Å². The van der Waals surface area contributed by atoms with Gasteiger partial charge >= 0.3 is 5.97 Å². The zero-order valence-electron chi connectivity index (χ0n) is 10.7. The van der Waals surface area contributed by atoms with Gasteiger partial charge < -0.3 is 9.64 Å². The summed E-state index contributed by atoms with van der Waals surface area (Å²) in [5, 5.41) is 0. The molecule has 0 fully saturated rings. The van der Waals surface area contributed by atoms with Crippen molar-refractivity contribution >= 4 is 41.0 Å². The number of carbonyl (C=O) groups excluding carboxylic acids is 1. The molecule has 1 rings (SSSR count). The third kappa shape index (κ3) is 5.54. The van der Waals surface area contributed by atoms with E-state index in [1.165, 1.54) is 0 Å². The van der Waals surface area contributed by atoms with E-state index in [0.29, 0.717) is 12.2 Å². The zero-order chi connectivity index (χ0) is 12.7. The Morgan fingerprint density at radius 3 is 2.44 bits per heavy atom. The maximum atomic E-state index is 11.8. The van der Waals surface area contributed by atoms with Crippen molar-refractivity contribution in [2.45, 2.75) is 13.8 Å². The fourth-order valence-corrected chi connectivity index (χ4v) is 2.12. The summed E-state index contributed by atoms with van der Waals surface area (Å²) in [5.74, 6) is -0.234. The molecule has 0 unspecified atom stereocenters. The lowest BCUT2D eigenvalue weighted by Crippen LogP contribution is -2.28. The molecule has 102 valence electrons. The monoisotopic (exact) mass is 383 g/mol. The second-order valence-electron chi connectivity index (χ2n) is 3.64. The van der Waals surface area contributed by atoms with Crippen LogP contribution in [0, 0.1) is 3.57 Å². The van der Waals surface area contributed by atoms with Gasteiger partial charge in [-0.1, -0.05) is 26.0 Å². The third-order valence-electron chi connectivity index (χ3n) is 2.63. The number of halogens is 2.